The molecule has 0 aliphatic heterocycles. The van der Waals surface area contributed by atoms with Gasteiger partial charge in [0.05, 0.1) is 16.1 Å². The van der Waals surface area contributed by atoms with E-state index in [1.54, 1.807) is 37.4 Å². The van der Waals surface area contributed by atoms with Crippen LogP contribution in [0.4, 0.5) is 5.69 Å². The second kappa shape index (κ2) is 5.31. The van der Waals surface area contributed by atoms with Gasteiger partial charge in [0, 0.05) is 24.6 Å². The van der Waals surface area contributed by atoms with E-state index in [-0.39, 0.29) is 4.90 Å². The molecule has 0 radical (unpaired) electrons. The van der Waals surface area contributed by atoms with Crippen molar-refractivity contribution in [1.29, 1.82) is 0 Å². The smallest absolute Gasteiger partial charge is 0.262 e. The van der Waals surface area contributed by atoms with Crippen molar-refractivity contribution < 1.29 is 12.8 Å². The lowest BCUT2D eigenvalue weighted by atomic mass is 10.2. The number of hydrogen-bond donors (Lipinski definition) is 1. The van der Waals surface area contributed by atoms with Crippen molar-refractivity contribution >= 4 is 37.7 Å². The average Bonchev–Trinajstić information content (AvgIpc) is 2.94. The van der Waals surface area contributed by atoms with E-state index < -0.39 is 10.0 Å². The molecule has 0 unspecified atom stereocenters. The molecule has 4 rings (SSSR count). The fourth-order valence-corrected chi connectivity index (χ4v) is 3.66. The molecule has 0 bridgehead atoms. The van der Waals surface area contributed by atoms with Crippen molar-refractivity contribution in [3.05, 3.63) is 60.6 Å². The molecule has 6 nitrogen and oxygen atoms in total. The van der Waals surface area contributed by atoms with Crippen molar-refractivity contribution in [2.75, 3.05) is 4.72 Å². The van der Waals surface area contributed by atoms with Crippen LogP contribution in [0.3, 0.4) is 0 Å². The van der Waals surface area contributed by atoms with Gasteiger partial charge in [-0.25, -0.2) is 13.4 Å². The van der Waals surface area contributed by atoms with Gasteiger partial charge in [-0.15, -0.1) is 0 Å². The zero-order chi connectivity index (χ0) is 16.7. The van der Waals surface area contributed by atoms with Crippen LogP contribution in [-0.4, -0.2) is 18.4 Å². The Morgan fingerprint density at radius 3 is 2.79 bits per heavy atom. The number of benzene rings is 2. The molecule has 24 heavy (non-hydrogen) atoms. The molecule has 0 aliphatic carbocycles. The Balaban J connectivity index is 1.78. The highest BCUT2D eigenvalue weighted by Crippen LogP contribution is 2.25. The molecule has 0 amide bonds. The molecule has 1 N–H and O–H groups in total. The summed E-state index contributed by atoms with van der Waals surface area (Å²) in [6.45, 7) is 1.72. The minimum absolute atomic E-state index is 0.110. The standard InChI is InChI=1S/C17H13N3O3S/c1-11-19-14-8-7-13(10-16(14)23-11)24(21,22)20-15-6-2-4-12-5-3-9-18-17(12)15/h2-10,20H,1H3. The largest absolute Gasteiger partial charge is 0.441 e. The third-order valence-electron chi connectivity index (χ3n) is 3.65. The summed E-state index contributed by atoms with van der Waals surface area (Å²) in [6, 6.07) is 13.6. The van der Waals surface area contributed by atoms with Gasteiger partial charge in [0.25, 0.3) is 10.0 Å². The Hall–Kier alpha value is -2.93. The number of hydrogen-bond acceptors (Lipinski definition) is 5. The molecule has 4 aromatic rings. The molecular weight excluding hydrogens is 326 g/mol. The van der Waals surface area contributed by atoms with E-state index in [0.29, 0.717) is 28.2 Å². The van der Waals surface area contributed by atoms with Gasteiger partial charge in [-0.3, -0.25) is 9.71 Å². The predicted molar refractivity (Wildman–Crippen MR) is 91.3 cm³/mol. The summed E-state index contributed by atoms with van der Waals surface area (Å²) in [5.74, 6) is 0.491. The third kappa shape index (κ3) is 2.48. The minimum Gasteiger partial charge on any atom is -0.441 e. The Morgan fingerprint density at radius 2 is 1.92 bits per heavy atom. The molecule has 120 valence electrons. The second-order valence-electron chi connectivity index (χ2n) is 5.35. The number of pyridine rings is 1. The maximum atomic E-state index is 12.7. The van der Waals surface area contributed by atoms with Gasteiger partial charge in [0.1, 0.15) is 5.52 Å². The summed E-state index contributed by atoms with van der Waals surface area (Å²) in [6.07, 6.45) is 1.63. The van der Waals surface area contributed by atoms with Crippen LogP contribution in [0.2, 0.25) is 0 Å². The lowest BCUT2D eigenvalue weighted by Gasteiger charge is -2.10. The normalized spacial score (nSPS) is 11.9. The number of fused-ring (bicyclic) bond motifs is 2. The van der Waals surface area contributed by atoms with E-state index in [0.717, 1.165) is 5.39 Å². The molecular formula is C17H13N3O3S. The highest BCUT2D eigenvalue weighted by Gasteiger charge is 2.17. The lowest BCUT2D eigenvalue weighted by molar-refractivity contribution is 0.559. The number of aromatic nitrogens is 2. The highest BCUT2D eigenvalue weighted by atomic mass is 32.2. The van der Waals surface area contributed by atoms with Crippen molar-refractivity contribution in [3.63, 3.8) is 0 Å². The van der Waals surface area contributed by atoms with E-state index in [1.807, 2.05) is 12.1 Å². The van der Waals surface area contributed by atoms with Crippen LogP contribution < -0.4 is 4.72 Å². The van der Waals surface area contributed by atoms with E-state index in [2.05, 4.69) is 14.7 Å². The first-order valence-electron chi connectivity index (χ1n) is 7.27. The van der Waals surface area contributed by atoms with Crippen molar-refractivity contribution in [2.45, 2.75) is 11.8 Å². The minimum atomic E-state index is -3.76. The van der Waals surface area contributed by atoms with E-state index in [4.69, 9.17) is 4.42 Å². The Kier molecular flexibility index (Phi) is 3.24. The molecule has 7 heteroatoms. The van der Waals surface area contributed by atoms with Crippen LogP contribution in [0, 0.1) is 6.92 Å². The summed E-state index contributed by atoms with van der Waals surface area (Å²) < 4.78 is 33.4. The summed E-state index contributed by atoms with van der Waals surface area (Å²) in [4.78, 5) is 8.54. The summed E-state index contributed by atoms with van der Waals surface area (Å²) in [5, 5.41) is 0.860. The zero-order valence-electron chi connectivity index (χ0n) is 12.7. The first kappa shape index (κ1) is 14.6. The number of sulfonamides is 1. The number of nitrogens with one attached hydrogen (secondary N) is 1. The molecule has 0 atom stereocenters. The fraction of sp³-hybridized carbons (Fsp3) is 0.0588. The second-order valence-corrected chi connectivity index (χ2v) is 7.03. The molecule has 0 aliphatic rings. The van der Waals surface area contributed by atoms with Crippen molar-refractivity contribution in [2.24, 2.45) is 0 Å². The highest BCUT2D eigenvalue weighted by molar-refractivity contribution is 7.92. The summed E-state index contributed by atoms with van der Waals surface area (Å²) in [7, 11) is -3.76. The van der Waals surface area contributed by atoms with E-state index in [9.17, 15) is 8.42 Å². The summed E-state index contributed by atoms with van der Waals surface area (Å²) >= 11 is 0. The predicted octanol–water partition coefficient (Wildman–Crippen LogP) is 3.49. The van der Waals surface area contributed by atoms with Crippen LogP contribution >= 0.6 is 0 Å². The van der Waals surface area contributed by atoms with Crippen LogP contribution in [0.15, 0.2) is 64.0 Å². The third-order valence-corrected chi connectivity index (χ3v) is 5.02. The van der Waals surface area contributed by atoms with Gasteiger partial charge in [0.15, 0.2) is 11.5 Å². The Morgan fingerprint density at radius 1 is 1.08 bits per heavy atom. The quantitative estimate of drug-likeness (QED) is 0.617. The van der Waals surface area contributed by atoms with E-state index >= 15 is 0 Å². The van der Waals surface area contributed by atoms with Gasteiger partial charge in [-0.2, -0.15) is 0 Å². The van der Waals surface area contributed by atoms with Gasteiger partial charge < -0.3 is 4.42 Å². The molecule has 0 fully saturated rings. The van der Waals surface area contributed by atoms with Gasteiger partial charge in [0.2, 0.25) is 0 Å². The van der Waals surface area contributed by atoms with Crippen LogP contribution in [0.5, 0.6) is 0 Å². The molecule has 0 spiro atoms. The van der Waals surface area contributed by atoms with Gasteiger partial charge in [-0.05, 0) is 24.3 Å². The Labute approximate surface area is 138 Å². The average molecular weight is 339 g/mol. The van der Waals surface area contributed by atoms with Crippen molar-refractivity contribution in [3.8, 4) is 0 Å². The molecule has 2 aromatic heterocycles. The zero-order valence-corrected chi connectivity index (χ0v) is 13.5. The topological polar surface area (TPSA) is 85.1 Å². The number of oxazole rings is 1. The summed E-state index contributed by atoms with van der Waals surface area (Å²) in [5.41, 5.74) is 2.09. The molecule has 2 aromatic carbocycles. The maximum Gasteiger partial charge on any atom is 0.262 e. The van der Waals surface area contributed by atoms with Crippen molar-refractivity contribution in [1.82, 2.24) is 9.97 Å². The number of nitrogens with zero attached hydrogens (tertiary/aromatic N) is 2. The van der Waals surface area contributed by atoms with E-state index in [1.165, 1.54) is 12.1 Å². The maximum absolute atomic E-state index is 12.7. The SMILES string of the molecule is Cc1nc2ccc(S(=O)(=O)Nc3cccc4cccnc34)cc2o1. The first-order valence-corrected chi connectivity index (χ1v) is 8.75. The van der Waals surface area contributed by atoms with Gasteiger partial charge >= 0.3 is 0 Å². The number of rotatable bonds is 3. The lowest BCUT2D eigenvalue weighted by Crippen LogP contribution is -2.13. The Bertz CT molecular complexity index is 1160. The monoisotopic (exact) mass is 339 g/mol. The molecule has 0 saturated carbocycles. The molecule has 0 saturated heterocycles. The number of aryl methyl sites for hydroxylation is 1. The van der Waals surface area contributed by atoms with Crippen LogP contribution in [-0.2, 0) is 10.0 Å². The first-order chi connectivity index (χ1) is 11.5. The number of anilines is 1. The molecule has 2 heterocycles. The van der Waals surface area contributed by atoms with Crippen LogP contribution in [0.25, 0.3) is 22.0 Å². The van der Waals surface area contributed by atoms with Gasteiger partial charge in [-0.1, -0.05) is 18.2 Å². The fourth-order valence-electron chi connectivity index (χ4n) is 2.58. The number of para-hydroxylation sites is 1. The van der Waals surface area contributed by atoms with Crippen LogP contribution in [0.1, 0.15) is 5.89 Å².